The van der Waals surface area contributed by atoms with Crippen molar-refractivity contribution in [3.63, 3.8) is 0 Å². The summed E-state index contributed by atoms with van der Waals surface area (Å²) in [4.78, 5) is 17.8. The molecule has 0 spiro atoms. The average molecular weight is 563 g/mol. The first kappa shape index (κ1) is 22.7. The van der Waals surface area contributed by atoms with E-state index in [1.54, 1.807) is 24.7 Å². The number of rotatable bonds is 6. The second kappa shape index (κ2) is 9.18. The molecule has 40 heavy (non-hydrogen) atoms. The predicted octanol–water partition coefficient (Wildman–Crippen LogP) is 6.84. The van der Waals surface area contributed by atoms with Gasteiger partial charge < -0.3 is 18.4 Å². The van der Waals surface area contributed by atoms with Crippen molar-refractivity contribution < 1.29 is 13.5 Å². The summed E-state index contributed by atoms with van der Waals surface area (Å²) in [6.45, 7) is 0. The minimum Gasteiger partial charge on any atom is -0.444 e. The lowest BCUT2D eigenvalue weighted by Crippen LogP contribution is -2.01. The third kappa shape index (κ3) is 3.52. The fraction of sp³-hybridized carbons (Fsp3) is 0. The summed E-state index contributed by atoms with van der Waals surface area (Å²) in [5.41, 5.74) is 7.69. The first-order chi connectivity index (χ1) is 19.9. The van der Waals surface area contributed by atoms with Gasteiger partial charge in [0.05, 0.1) is 34.4 Å². The largest absolute Gasteiger partial charge is 0.444 e. The molecule has 0 bridgehead atoms. The molecule has 0 aliphatic carbocycles. The molecular weight excluding hydrogens is 548 g/mol. The van der Waals surface area contributed by atoms with Crippen molar-refractivity contribution in [3.05, 3.63) is 78.5 Å². The quantitative estimate of drug-likeness (QED) is 0.229. The topological polar surface area (TPSA) is 145 Å². The molecule has 8 aromatic rings. The molecule has 8 rings (SSSR count). The van der Waals surface area contributed by atoms with E-state index in [-0.39, 0.29) is 0 Å². The summed E-state index contributed by atoms with van der Waals surface area (Å²) in [6, 6.07) is 9.62. The number of nitrogens with one attached hydrogen (secondary N) is 1. The average Bonchev–Trinajstić information content (AvgIpc) is 3.81. The van der Waals surface area contributed by atoms with Crippen LogP contribution in [0.4, 0.5) is 0 Å². The Labute approximate surface area is 232 Å². The summed E-state index contributed by atoms with van der Waals surface area (Å²) in [6.07, 6.45) is 9.80. The number of pyridine rings is 1. The van der Waals surface area contributed by atoms with E-state index in [1.165, 1.54) is 35.4 Å². The Hall–Kier alpha value is -5.27. The number of nitrogens with zero attached hydrogens (tertiary/aromatic N) is 7. The maximum absolute atomic E-state index is 5.97. The number of fused-ring (bicyclic) bond motifs is 1. The van der Waals surface area contributed by atoms with E-state index >= 15 is 0 Å². The maximum Gasteiger partial charge on any atom is 0.227 e. The second-order valence-electron chi connectivity index (χ2n) is 8.60. The number of hydrogen-bond acceptors (Lipinski definition) is 12. The molecule has 13 heteroatoms. The van der Waals surface area contributed by atoms with Crippen molar-refractivity contribution in [2.24, 2.45) is 0 Å². The van der Waals surface area contributed by atoms with Crippen LogP contribution in [0.25, 0.3) is 78.1 Å². The van der Waals surface area contributed by atoms with E-state index < -0.39 is 0 Å². The molecule has 0 fully saturated rings. The van der Waals surface area contributed by atoms with Gasteiger partial charge in [0.1, 0.15) is 28.9 Å². The van der Waals surface area contributed by atoms with Crippen LogP contribution in [-0.4, -0.2) is 39.8 Å². The van der Waals surface area contributed by atoms with Crippen molar-refractivity contribution >= 4 is 33.8 Å². The summed E-state index contributed by atoms with van der Waals surface area (Å²) in [5.74, 6) is 0.403. The van der Waals surface area contributed by atoms with Crippen molar-refractivity contribution in [2.75, 3.05) is 0 Å². The van der Waals surface area contributed by atoms with Gasteiger partial charge in [-0.3, -0.25) is 0 Å². The Bertz CT molecular complexity index is 1890. The van der Waals surface area contributed by atoms with Gasteiger partial charge in [-0.25, -0.2) is 15.0 Å². The van der Waals surface area contributed by atoms with Gasteiger partial charge in [-0.1, -0.05) is 5.16 Å². The third-order valence-electron chi connectivity index (χ3n) is 6.44. The van der Waals surface area contributed by atoms with E-state index in [1.807, 2.05) is 41.2 Å². The fourth-order valence-electron chi connectivity index (χ4n) is 4.91. The molecule has 1 N–H and O–H groups in total. The third-order valence-corrected chi connectivity index (χ3v) is 7.80. The van der Waals surface area contributed by atoms with Gasteiger partial charge in [0.25, 0.3) is 0 Å². The molecule has 0 aliphatic rings. The molecule has 7 aromatic heterocycles. The molecule has 0 radical (unpaired) electrons. The van der Waals surface area contributed by atoms with Crippen molar-refractivity contribution in [1.82, 2.24) is 39.8 Å². The molecular formula is C27H14N8O3S2. The SMILES string of the molecule is c1c[nH]c(-c2nc3cc(-c4ccon4)c(-c4nccs4)c(-c4conn4)c3c(-c3ncco3)c2-c2ccsn2)c1. The molecule has 192 valence electrons. The zero-order valence-corrected chi connectivity index (χ0v) is 21.8. The first-order valence-electron chi connectivity index (χ1n) is 11.9. The molecule has 0 unspecified atom stereocenters. The zero-order chi connectivity index (χ0) is 26.5. The van der Waals surface area contributed by atoms with Gasteiger partial charge >= 0.3 is 0 Å². The number of benzene rings is 1. The molecule has 11 nitrogen and oxygen atoms in total. The summed E-state index contributed by atoms with van der Waals surface area (Å²) in [7, 11) is 0. The van der Waals surface area contributed by atoms with Crippen molar-refractivity contribution in [3.8, 4) is 67.2 Å². The van der Waals surface area contributed by atoms with Gasteiger partial charge in [-0.2, -0.15) is 4.37 Å². The molecule has 0 amide bonds. The van der Waals surface area contributed by atoms with Crippen molar-refractivity contribution in [2.45, 2.75) is 0 Å². The highest BCUT2D eigenvalue weighted by Crippen LogP contribution is 2.50. The van der Waals surface area contributed by atoms with Gasteiger partial charge in [0, 0.05) is 62.1 Å². The normalized spacial score (nSPS) is 11.5. The van der Waals surface area contributed by atoms with Crippen LogP contribution in [0.3, 0.4) is 0 Å². The molecule has 0 aliphatic heterocycles. The van der Waals surface area contributed by atoms with Crippen LogP contribution in [0, 0.1) is 0 Å². The highest BCUT2D eigenvalue weighted by Gasteiger charge is 2.30. The number of aromatic nitrogens is 8. The number of hydrogen-bond donors (Lipinski definition) is 1. The first-order valence-corrected chi connectivity index (χ1v) is 13.7. The van der Waals surface area contributed by atoms with Crippen LogP contribution in [-0.2, 0) is 0 Å². The van der Waals surface area contributed by atoms with E-state index in [4.69, 9.17) is 22.8 Å². The lowest BCUT2D eigenvalue weighted by Gasteiger charge is -2.19. The Balaban J connectivity index is 1.65. The standard InChI is InChI=1S/C27H14N8O3S2/c1-2-17(28-5-1)25-23(16-4-10-40-34-16)24(26-29-6-9-36-26)21-18(31-25)12-14(15-3-8-37-33-15)20(27-30-7-11-39-27)22(21)19-13-38-35-32-19/h1-13,28H. The number of thiazole rings is 1. The molecule has 0 saturated heterocycles. The fourth-order valence-corrected chi connectivity index (χ4v) is 6.12. The molecule has 0 saturated carbocycles. The zero-order valence-electron chi connectivity index (χ0n) is 20.2. The predicted molar refractivity (Wildman–Crippen MR) is 148 cm³/mol. The van der Waals surface area contributed by atoms with Gasteiger partial charge in [-0.05, 0) is 35.8 Å². The Morgan fingerprint density at radius 3 is 2.55 bits per heavy atom. The van der Waals surface area contributed by atoms with Gasteiger partial charge in [0.2, 0.25) is 5.89 Å². The van der Waals surface area contributed by atoms with E-state index in [9.17, 15) is 0 Å². The minimum absolute atomic E-state index is 0.403. The number of oxazole rings is 1. The summed E-state index contributed by atoms with van der Waals surface area (Å²) in [5, 5.41) is 17.7. The lowest BCUT2D eigenvalue weighted by atomic mass is 9.87. The molecule has 0 atom stereocenters. The molecule has 1 aromatic carbocycles. The van der Waals surface area contributed by atoms with Crippen LogP contribution in [0.15, 0.2) is 91.9 Å². The molecule has 7 heterocycles. The highest BCUT2D eigenvalue weighted by atomic mass is 32.1. The summed E-state index contributed by atoms with van der Waals surface area (Å²) >= 11 is 2.84. The Morgan fingerprint density at radius 1 is 0.850 bits per heavy atom. The van der Waals surface area contributed by atoms with Crippen LogP contribution >= 0.6 is 22.9 Å². The van der Waals surface area contributed by atoms with Crippen LogP contribution in [0.1, 0.15) is 0 Å². The van der Waals surface area contributed by atoms with E-state index in [2.05, 4.69) is 30.5 Å². The van der Waals surface area contributed by atoms with E-state index in [0.717, 1.165) is 38.5 Å². The van der Waals surface area contributed by atoms with Crippen LogP contribution < -0.4 is 0 Å². The Kier molecular flexibility index (Phi) is 5.21. The second-order valence-corrected chi connectivity index (χ2v) is 10.2. The van der Waals surface area contributed by atoms with E-state index in [0.29, 0.717) is 39.6 Å². The van der Waals surface area contributed by atoms with Gasteiger partial charge in [-0.15, -0.1) is 16.4 Å². The number of aromatic amines is 1. The van der Waals surface area contributed by atoms with Crippen LogP contribution in [0.2, 0.25) is 0 Å². The van der Waals surface area contributed by atoms with Crippen molar-refractivity contribution in [1.29, 1.82) is 0 Å². The number of H-pyrrole nitrogens is 1. The van der Waals surface area contributed by atoms with Gasteiger partial charge in [0.15, 0.2) is 6.26 Å². The summed E-state index contributed by atoms with van der Waals surface area (Å²) < 4.78 is 21.2. The van der Waals surface area contributed by atoms with Crippen LogP contribution in [0.5, 0.6) is 0 Å². The minimum atomic E-state index is 0.403. The monoisotopic (exact) mass is 562 g/mol. The Morgan fingerprint density at radius 2 is 1.85 bits per heavy atom. The maximum atomic E-state index is 5.97. The lowest BCUT2D eigenvalue weighted by molar-refractivity contribution is 0.393. The smallest absolute Gasteiger partial charge is 0.227 e. The highest BCUT2D eigenvalue weighted by molar-refractivity contribution is 7.13.